The molecule has 0 saturated heterocycles. The van der Waals surface area contributed by atoms with Gasteiger partial charge >= 0.3 is 5.97 Å². The fourth-order valence-electron chi connectivity index (χ4n) is 3.77. The summed E-state index contributed by atoms with van der Waals surface area (Å²) in [5, 5.41) is 11.0. The summed E-state index contributed by atoms with van der Waals surface area (Å²) in [4.78, 5) is 25.4. The predicted molar refractivity (Wildman–Crippen MR) is 118 cm³/mol. The lowest BCUT2D eigenvalue weighted by Gasteiger charge is -2.12. The Hall–Kier alpha value is -3.03. The van der Waals surface area contributed by atoms with Crippen molar-refractivity contribution in [3.8, 4) is 0 Å². The summed E-state index contributed by atoms with van der Waals surface area (Å²) < 4.78 is 27.9. The Morgan fingerprint density at radius 3 is 2.71 bits per heavy atom. The molecular weight excluding hydrogens is 441 g/mol. The van der Waals surface area contributed by atoms with Crippen molar-refractivity contribution in [2.45, 2.75) is 17.9 Å². The first-order valence-electron chi connectivity index (χ1n) is 9.35. The zero-order chi connectivity index (χ0) is 22.3. The van der Waals surface area contributed by atoms with Crippen LogP contribution in [0.15, 0.2) is 59.5 Å². The number of ketones is 1. The molecule has 0 bridgehead atoms. The smallest absolute Gasteiger partial charge is 0.353 e. The standard InChI is InChI=1S/C23H17ClFNO4S/c1-31(30)15-7-8-18(25)13(10-15)12-26-19-9-6-14(24)11-17(19)21(22(26)23(28)29)16-4-2-3-5-20(16)27/h2-4,6-11H,5,12H2,1H3,(H,28,29). The second-order valence-electron chi connectivity index (χ2n) is 7.12. The van der Waals surface area contributed by atoms with Gasteiger partial charge < -0.3 is 9.67 Å². The number of carboxylic acids is 1. The van der Waals surface area contributed by atoms with Gasteiger partial charge in [-0.15, -0.1) is 0 Å². The van der Waals surface area contributed by atoms with Crippen LogP contribution >= 0.6 is 11.6 Å². The number of fused-ring (bicyclic) bond motifs is 1. The van der Waals surface area contributed by atoms with Gasteiger partial charge in [0.25, 0.3) is 0 Å². The molecule has 5 nitrogen and oxygen atoms in total. The number of carbonyl (C=O) groups is 2. The normalized spacial score (nSPS) is 14.7. The van der Waals surface area contributed by atoms with E-state index in [1.807, 2.05) is 0 Å². The average molecular weight is 458 g/mol. The molecule has 1 atom stereocenters. The Morgan fingerprint density at radius 2 is 2.03 bits per heavy atom. The molecule has 1 aliphatic rings. The largest absolute Gasteiger partial charge is 0.477 e. The lowest BCUT2D eigenvalue weighted by molar-refractivity contribution is -0.113. The molecule has 2 aromatic carbocycles. The van der Waals surface area contributed by atoms with E-state index in [0.29, 0.717) is 20.8 Å². The van der Waals surface area contributed by atoms with Gasteiger partial charge in [-0.2, -0.15) is 0 Å². The molecular formula is C23H17ClFNO4S. The van der Waals surface area contributed by atoms with Crippen LogP contribution in [0.2, 0.25) is 5.02 Å². The number of allylic oxidation sites excluding steroid dienone is 4. The summed E-state index contributed by atoms with van der Waals surface area (Å²) in [5.74, 6) is -2.00. The fraction of sp³-hybridized carbons (Fsp3) is 0.130. The zero-order valence-corrected chi connectivity index (χ0v) is 18.0. The lowest BCUT2D eigenvalue weighted by atomic mass is 9.93. The highest BCUT2D eigenvalue weighted by atomic mass is 35.5. The third kappa shape index (κ3) is 3.86. The number of hydrogen-bond acceptors (Lipinski definition) is 3. The number of Topliss-reactive ketones (excluding diaryl/α,β-unsaturated/α-hetero) is 1. The molecule has 1 N–H and O–H groups in total. The van der Waals surface area contributed by atoms with Gasteiger partial charge in [0.15, 0.2) is 5.78 Å². The first-order chi connectivity index (χ1) is 14.8. The lowest BCUT2D eigenvalue weighted by Crippen LogP contribution is -2.14. The second-order valence-corrected chi connectivity index (χ2v) is 8.94. The Kier molecular flexibility index (Phi) is 5.64. The molecule has 4 rings (SSSR count). The Bertz CT molecular complexity index is 1340. The van der Waals surface area contributed by atoms with Crippen molar-refractivity contribution in [1.29, 1.82) is 0 Å². The second kappa shape index (κ2) is 8.24. The number of hydrogen-bond donors (Lipinski definition) is 1. The van der Waals surface area contributed by atoms with Crippen LogP contribution in [-0.2, 0) is 22.1 Å². The number of aromatic nitrogens is 1. The van der Waals surface area contributed by atoms with E-state index in [1.54, 1.807) is 36.4 Å². The maximum Gasteiger partial charge on any atom is 0.353 e. The molecule has 31 heavy (non-hydrogen) atoms. The molecule has 0 spiro atoms. The van der Waals surface area contributed by atoms with Crippen LogP contribution in [0.4, 0.5) is 4.39 Å². The Labute approximate surface area is 184 Å². The highest BCUT2D eigenvalue weighted by molar-refractivity contribution is 7.84. The van der Waals surface area contributed by atoms with E-state index < -0.39 is 22.6 Å². The molecule has 0 radical (unpaired) electrons. The van der Waals surface area contributed by atoms with Gasteiger partial charge in [-0.05, 0) is 36.4 Å². The van der Waals surface area contributed by atoms with Crippen molar-refractivity contribution in [3.05, 3.63) is 82.3 Å². The molecule has 1 heterocycles. The zero-order valence-electron chi connectivity index (χ0n) is 16.4. The highest BCUT2D eigenvalue weighted by Gasteiger charge is 2.28. The first-order valence-corrected chi connectivity index (χ1v) is 11.3. The maximum absolute atomic E-state index is 14.6. The SMILES string of the molecule is CS(=O)c1ccc(F)c(Cn2c(C(=O)O)c(C3=CC=CCC3=O)c3cc(Cl)ccc32)c1. The molecule has 1 unspecified atom stereocenters. The van der Waals surface area contributed by atoms with Gasteiger partial charge in [0.05, 0.1) is 6.54 Å². The van der Waals surface area contributed by atoms with Crippen molar-refractivity contribution in [1.82, 2.24) is 4.57 Å². The van der Waals surface area contributed by atoms with Crippen LogP contribution < -0.4 is 0 Å². The number of aromatic carboxylic acids is 1. The molecule has 1 aromatic heterocycles. The van der Waals surface area contributed by atoms with Gasteiger partial charge in [0.2, 0.25) is 0 Å². The van der Waals surface area contributed by atoms with Crippen LogP contribution in [0, 0.1) is 5.82 Å². The van der Waals surface area contributed by atoms with Crippen LogP contribution in [0.25, 0.3) is 16.5 Å². The van der Waals surface area contributed by atoms with Crippen LogP contribution in [-0.4, -0.2) is 31.9 Å². The van der Waals surface area contributed by atoms with Crippen molar-refractivity contribution < 1.29 is 23.3 Å². The molecule has 0 fully saturated rings. The van der Waals surface area contributed by atoms with E-state index in [4.69, 9.17) is 11.6 Å². The van der Waals surface area contributed by atoms with E-state index in [-0.39, 0.29) is 41.1 Å². The molecule has 0 saturated carbocycles. The summed E-state index contributed by atoms with van der Waals surface area (Å²) >= 11 is 6.18. The minimum Gasteiger partial charge on any atom is -0.477 e. The van der Waals surface area contributed by atoms with E-state index in [2.05, 4.69) is 0 Å². The monoisotopic (exact) mass is 457 g/mol. The van der Waals surface area contributed by atoms with E-state index in [0.717, 1.165) is 0 Å². The number of nitrogens with zero attached hydrogens (tertiary/aromatic N) is 1. The van der Waals surface area contributed by atoms with Crippen molar-refractivity contribution >= 4 is 50.6 Å². The fourth-order valence-corrected chi connectivity index (χ4v) is 4.51. The average Bonchev–Trinajstić information content (AvgIpc) is 3.03. The Balaban J connectivity index is 2.02. The van der Waals surface area contributed by atoms with Crippen LogP contribution in [0.1, 0.15) is 28.0 Å². The van der Waals surface area contributed by atoms with Gasteiger partial charge in [0, 0.05) is 61.0 Å². The molecule has 158 valence electrons. The quantitative estimate of drug-likeness (QED) is 0.595. The third-order valence-electron chi connectivity index (χ3n) is 5.18. The predicted octanol–water partition coefficient (Wildman–Crippen LogP) is 4.83. The minimum atomic E-state index is -1.32. The number of carboxylic acid groups (broad SMARTS) is 1. The molecule has 0 aliphatic heterocycles. The van der Waals surface area contributed by atoms with Crippen LogP contribution in [0.5, 0.6) is 0 Å². The van der Waals surface area contributed by atoms with Crippen molar-refractivity contribution in [3.63, 3.8) is 0 Å². The van der Waals surface area contributed by atoms with Crippen molar-refractivity contribution in [2.24, 2.45) is 0 Å². The van der Waals surface area contributed by atoms with E-state index >= 15 is 0 Å². The molecule has 8 heteroatoms. The minimum absolute atomic E-state index is 0.117. The number of halogens is 2. The van der Waals surface area contributed by atoms with Gasteiger partial charge in [-0.3, -0.25) is 9.00 Å². The molecule has 0 amide bonds. The maximum atomic E-state index is 14.6. The van der Waals surface area contributed by atoms with E-state index in [9.17, 15) is 23.3 Å². The van der Waals surface area contributed by atoms with Crippen LogP contribution in [0.3, 0.4) is 0 Å². The summed E-state index contributed by atoms with van der Waals surface area (Å²) in [6, 6.07) is 8.98. The molecule has 3 aromatic rings. The topological polar surface area (TPSA) is 76.4 Å². The van der Waals surface area contributed by atoms with Gasteiger partial charge in [-0.25, -0.2) is 9.18 Å². The third-order valence-corrected chi connectivity index (χ3v) is 6.33. The first kappa shape index (κ1) is 21.2. The summed E-state index contributed by atoms with van der Waals surface area (Å²) in [6.07, 6.45) is 6.64. The summed E-state index contributed by atoms with van der Waals surface area (Å²) in [6.45, 7) is -0.117. The van der Waals surface area contributed by atoms with Gasteiger partial charge in [0.1, 0.15) is 11.5 Å². The highest BCUT2D eigenvalue weighted by Crippen LogP contribution is 2.36. The number of benzene rings is 2. The van der Waals surface area contributed by atoms with Gasteiger partial charge in [-0.1, -0.05) is 29.8 Å². The summed E-state index contributed by atoms with van der Waals surface area (Å²) in [7, 11) is -1.32. The Morgan fingerprint density at radius 1 is 1.26 bits per heavy atom. The molecule has 1 aliphatic carbocycles. The summed E-state index contributed by atoms with van der Waals surface area (Å²) in [5.41, 5.74) is 1.10. The van der Waals surface area contributed by atoms with Crippen molar-refractivity contribution in [2.75, 3.05) is 6.26 Å². The van der Waals surface area contributed by atoms with E-state index in [1.165, 1.54) is 29.0 Å². The number of carbonyl (C=O) groups excluding carboxylic acids is 1. The number of rotatable bonds is 5.